The molecule has 0 atom stereocenters. The molecule has 2 rings (SSSR count). The summed E-state index contributed by atoms with van der Waals surface area (Å²) in [5, 5.41) is 5.71. The van der Waals surface area contributed by atoms with Gasteiger partial charge in [-0.05, 0) is 37.6 Å². The van der Waals surface area contributed by atoms with E-state index >= 15 is 0 Å². The standard InChI is InChI=1S/C17H22N2O3S/c1-3-22-15-7-5-13(6-8-15)17-19-14(12-23-17)11-16(20)18-9-4-10-21-2/h5-8,12H,3-4,9-11H2,1-2H3,(H,18,20). The summed E-state index contributed by atoms with van der Waals surface area (Å²) >= 11 is 1.54. The van der Waals surface area contributed by atoms with Gasteiger partial charge in [0.25, 0.3) is 0 Å². The normalized spacial score (nSPS) is 10.5. The molecular weight excluding hydrogens is 312 g/mol. The van der Waals surface area contributed by atoms with Gasteiger partial charge in [-0.2, -0.15) is 0 Å². The van der Waals surface area contributed by atoms with Gasteiger partial charge in [-0.15, -0.1) is 11.3 Å². The summed E-state index contributed by atoms with van der Waals surface area (Å²) in [6.45, 7) is 3.89. The maximum atomic E-state index is 11.8. The molecule has 0 saturated carbocycles. The summed E-state index contributed by atoms with van der Waals surface area (Å²) in [4.78, 5) is 16.4. The van der Waals surface area contributed by atoms with E-state index in [-0.39, 0.29) is 5.91 Å². The molecule has 0 bridgehead atoms. The van der Waals surface area contributed by atoms with E-state index in [2.05, 4.69) is 10.3 Å². The number of ether oxygens (including phenoxy) is 2. The number of carbonyl (C=O) groups excluding carboxylic acids is 1. The summed E-state index contributed by atoms with van der Waals surface area (Å²) < 4.78 is 10.4. The average molecular weight is 334 g/mol. The minimum atomic E-state index is -0.00959. The lowest BCUT2D eigenvalue weighted by Gasteiger charge is -2.03. The van der Waals surface area contributed by atoms with Crippen LogP contribution in [0.15, 0.2) is 29.6 Å². The van der Waals surface area contributed by atoms with Gasteiger partial charge in [0.2, 0.25) is 5.91 Å². The predicted octanol–water partition coefficient (Wildman–Crippen LogP) is 2.90. The zero-order valence-corrected chi connectivity index (χ0v) is 14.3. The van der Waals surface area contributed by atoms with E-state index in [0.717, 1.165) is 28.4 Å². The fourth-order valence-corrected chi connectivity index (χ4v) is 2.88. The minimum absolute atomic E-state index is 0.00959. The second kappa shape index (κ2) is 9.27. The fourth-order valence-electron chi connectivity index (χ4n) is 2.05. The van der Waals surface area contributed by atoms with E-state index in [1.807, 2.05) is 36.6 Å². The molecule has 0 saturated heterocycles. The largest absolute Gasteiger partial charge is 0.494 e. The van der Waals surface area contributed by atoms with Crippen LogP contribution in [0.3, 0.4) is 0 Å². The molecule has 124 valence electrons. The van der Waals surface area contributed by atoms with Crippen LogP contribution in [-0.2, 0) is 16.0 Å². The van der Waals surface area contributed by atoms with Crippen LogP contribution < -0.4 is 10.1 Å². The molecular formula is C17H22N2O3S. The zero-order valence-electron chi connectivity index (χ0n) is 13.5. The molecule has 5 nitrogen and oxygen atoms in total. The van der Waals surface area contributed by atoms with E-state index in [4.69, 9.17) is 9.47 Å². The van der Waals surface area contributed by atoms with E-state index in [0.29, 0.717) is 26.2 Å². The van der Waals surface area contributed by atoms with Crippen molar-refractivity contribution in [1.29, 1.82) is 0 Å². The highest BCUT2D eigenvalue weighted by Crippen LogP contribution is 2.25. The maximum absolute atomic E-state index is 11.8. The van der Waals surface area contributed by atoms with Crippen LogP contribution in [0.2, 0.25) is 0 Å². The lowest BCUT2D eigenvalue weighted by Crippen LogP contribution is -2.26. The van der Waals surface area contributed by atoms with Crippen LogP contribution in [0.5, 0.6) is 5.75 Å². The van der Waals surface area contributed by atoms with Crippen LogP contribution in [-0.4, -0.2) is 37.8 Å². The average Bonchev–Trinajstić information content (AvgIpc) is 3.01. The molecule has 0 aliphatic heterocycles. The Bertz CT molecular complexity index is 611. The van der Waals surface area contributed by atoms with Crippen molar-refractivity contribution in [1.82, 2.24) is 10.3 Å². The van der Waals surface area contributed by atoms with Crippen molar-refractivity contribution in [3.05, 3.63) is 35.3 Å². The first-order valence-corrected chi connectivity index (χ1v) is 8.54. The number of hydrogen-bond donors (Lipinski definition) is 1. The third-order valence-electron chi connectivity index (χ3n) is 3.15. The molecule has 0 spiro atoms. The second-order valence-corrected chi connectivity index (χ2v) is 5.83. The lowest BCUT2D eigenvalue weighted by molar-refractivity contribution is -0.120. The Kier molecular flexibility index (Phi) is 7.03. The van der Waals surface area contributed by atoms with E-state index in [9.17, 15) is 4.79 Å². The fraction of sp³-hybridized carbons (Fsp3) is 0.412. The quantitative estimate of drug-likeness (QED) is 0.716. The van der Waals surface area contributed by atoms with Crippen molar-refractivity contribution in [3.8, 4) is 16.3 Å². The summed E-state index contributed by atoms with van der Waals surface area (Å²) in [7, 11) is 1.65. The molecule has 0 aliphatic carbocycles. The Morgan fingerprint density at radius 3 is 2.78 bits per heavy atom. The number of amides is 1. The van der Waals surface area contributed by atoms with Crippen LogP contribution in [0.25, 0.3) is 10.6 Å². The first kappa shape index (κ1) is 17.4. The smallest absolute Gasteiger partial charge is 0.226 e. The number of carbonyl (C=O) groups is 1. The van der Waals surface area contributed by atoms with Crippen LogP contribution in [0.1, 0.15) is 19.0 Å². The molecule has 2 aromatic rings. The number of aromatic nitrogens is 1. The third-order valence-corrected chi connectivity index (χ3v) is 4.09. The summed E-state index contributed by atoms with van der Waals surface area (Å²) in [5.74, 6) is 0.841. The zero-order chi connectivity index (χ0) is 16.5. The number of hydrogen-bond acceptors (Lipinski definition) is 5. The number of benzene rings is 1. The topological polar surface area (TPSA) is 60.5 Å². The summed E-state index contributed by atoms with van der Waals surface area (Å²) in [6, 6.07) is 7.84. The SMILES string of the molecule is CCOc1ccc(-c2nc(CC(=O)NCCCOC)cs2)cc1. The Labute approximate surface area is 140 Å². The summed E-state index contributed by atoms with van der Waals surface area (Å²) in [5.41, 5.74) is 1.83. The van der Waals surface area contributed by atoms with Gasteiger partial charge in [0.1, 0.15) is 10.8 Å². The number of rotatable bonds is 9. The van der Waals surface area contributed by atoms with Crippen LogP contribution in [0.4, 0.5) is 0 Å². The predicted molar refractivity (Wildman–Crippen MR) is 91.9 cm³/mol. The monoisotopic (exact) mass is 334 g/mol. The highest BCUT2D eigenvalue weighted by molar-refractivity contribution is 7.13. The van der Waals surface area contributed by atoms with Crippen molar-refractivity contribution < 1.29 is 14.3 Å². The number of methoxy groups -OCH3 is 1. The van der Waals surface area contributed by atoms with Gasteiger partial charge in [-0.1, -0.05) is 0 Å². The van der Waals surface area contributed by atoms with Gasteiger partial charge in [-0.25, -0.2) is 4.98 Å². The van der Waals surface area contributed by atoms with Gasteiger partial charge in [0.15, 0.2) is 0 Å². The highest BCUT2D eigenvalue weighted by Gasteiger charge is 2.09. The van der Waals surface area contributed by atoms with Gasteiger partial charge >= 0.3 is 0 Å². The van der Waals surface area contributed by atoms with Gasteiger partial charge in [0, 0.05) is 31.2 Å². The first-order chi connectivity index (χ1) is 11.2. The molecule has 1 aromatic carbocycles. The number of thiazole rings is 1. The van der Waals surface area contributed by atoms with Gasteiger partial charge < -0.3 is 14.8 Å². The maximum Gasteiger partial charge on any atom is 0.226 e. The Morgan fingerprint density at radius 1 is 1.30 bits per heavy atom. The Balaban J connectivity index is 1.88. The Hall–Kier alpha value is -1.92. The highest BCUT2D eigenvalue weighted by atomic mass is 32.1. The second-order valence-electron chi connectivity index (χ2n) is 4.97. The van der Waals surface area contributed by atoms with Crippen LogP contribution >= 0.6 is 11.3 Å². The van der Waals surface area contributed by atoms with Crippen molar-refractivity contribution in [2.24, 2.45) is 0 Å². The van der Waals surface area contributed by atoms with Gasteiger partial charge in [0.05, 0.1) is 18.7 Å². The molecule has 6 heteroatoms. The minimum Gasteiger partial charge on any atom is -0.494 e. The van der Waals surface area contributed by atoms with Crippen LogP contribution in [0, 0.1) is 0 Å². The molecule has 1 aromatic heterocycles. The molecule has 1 N–H and O–H groups in total. The van der Waals surface area contributed by atoms with Crippen molar-refractivity contribution in [2.75, 3.05) is 26.9 Å². The molecule has 0 unspecified atom stereocenters. The third kappa shape index (κ3) is 5.65. The molecule has 1 heterocycles. The first-order valence-electron chi connectivity index (χ1n) is 7.66. The van der Waals surface area contributed by atoms with Gasteiger partial charge in [-0.3, -0.25) is 4.79 Å². The number of nitrogens with zero attached hydrogens (tertiary/aromatic N) is 1. The van der Waals surface area contributed by atoms with Crippen molar-refractivity contribution >= 4 is 17.2 Å². The summed E-state index contributed by atoms with van der Waals surface area (Å²) in [6.07, 6.45) is 1.12. The van der Waals surface area contributed by atoms with Crippen molar-refractivity contribution in [3.63, 3.8) is 0 Å². The molecule has 0 fully saturated rings. The molecule has 1 amide bonds. The lowest BCUT2D eigenvalue weighted by atomic mass is 10.2. The number of nitrogens with one attached hydrogen (secondary N) is 1. The van der Waals surface area contributed by atoms with E-state index < -0.39 is 0 Å². The Morgan fingerprint density at radius 2 is 2.09 bits per heavy atom. The molecule has 23 heavy (non-hydrogen) atoms. The van der Waals surface area contributed by atoms with Crippen molar-refractivity contribution in [2.45, 2.75) is 19.8 Å². The van der Waals surface area contributed by atoms with E-state index in [1.54, 1.807) is 18.4 Å². The molecule has 0 aliphatic rings. The van der Waals surface area contributed by atoms with E-state index in [1.165, 1.54) is 0 Å². The molecule has 0 radical (unpaired) electrons.